The molecule has 3 rings (SSSR count). The van der Waals surface area contributed by atoms with Crippen LogP contribution in [0.4, 0.5) is 0 Å². The van der Waals surface area contributed by atoms with E-state index in [-0.39, 0.29) is 0 Å². The zero-order chi connectivity index (χ0) is 13.1. The summed E-state index contributed by atoms with van der Waals surface area (Å²) in [5.74, 6) is 0.882. The number of rotatable bonds is 5. The monoisotopic (exact) mass is 259 g/mol. The summed E-state index contributed by atoms with van der Waals surface area (Å²) >= 11 is 0. The molecule has 1 saturated heterocycles. The molecule has 0 radical (unpaired) electrons. The van der Waals surface area contributed by atoms with Crippen molar-refractivity contribution in [2.45, 2.75) is 45.2 Å². The van der Waals surface area contributed by atoms with E-state index >= 15 is 0 Å². The third kappa shape index (κ3) is 3.77. The van der Waals surface area contributed by atoms with Gasteiger partial charge in [0.15, 0.2) is 0 Å². The number of aryl methyl sites for hydroxylation is 1. The Labute approximate surface area is 116 Å². The van der Waals surface area contributed by atoms with E-state index in [1.165, 1.54) is 56.6 Å². The number of hydrogen-bond donors (Lipinski definition) is 1. The maximum absolute atomic E-state index is 4.57. The van der Waals surface area contributed by atoms with Gasteiger partial charge in [-0.3, -0.25) is 9.88 Å². The summed E-state index contributed by atoms with van der Waals surface area (Å²) in [5.41, 5.74) is 2.48. The summed E-state index contributed by atoms with van der Waals surface area (Å²) in [6.45, 7) is 6.80. The first kappa shape index (κ1) is 13.1. The zero-order valence-corrected chi connectivity index (χ0v) is 11.9. The Morgan fingerprint density at radius 1 is 1.21 bits per heavy atom. The minimum Gasteiger partial charge on any atom is -0.317 e. The third-order valence-corrected chi connectivity index (χ3v) is 4.35. The highest BCUT2D eigenvalue weighted by atomic mass is 15.2. The summed E-state index contributed by atoms with van der Waals surface area (Å²) in [4.78, 5) is 7.24. The molecule has 104 valence electrons. The first-order chi connectivity index (χ1) is 9.31. The second-order valence-corrected chi connectivity index (χ2v) is 6.18. The summed E-state index contributed by atoms with van der Waals surface area (Å²) in [7, 11) is 0. The highest BCUT2D eigenvalue weighted by molar-refractivity contribution is 5.12. The molecule has 1 aliphatic carbocycles. The second kappa shape index (κ2) is 6.02. The van der Waals surface area contributed by atoms with E-state index in [2.05, 4.69) is 34.3 Å². The van der Waals surface area contributed by atoms with Crippen LogP contribution in [0, 0.1) is 12.8 Å². The Balaban J connectivity index is 1.59. The normalized spacial score (nSPS) is 20.9. The van der Waals surface area contributed by atoms with Gasteiger partial charge in [0, 0.05) is 25.3 Å². The fourth-order valence-electron chi connectivity index (χ4n) is 2.98. The van der Waals surface area contributed by atoms with Gasteiger partial charge in [0.2, 0.25) is 0 Å². The molecule has 0 amide bonds. The molecule has 0 spiro atoms. The van der Waals surface area contributed by atoms with Crippen LogP contribution in [-0.4, -0.2) is 35.6 Å². The molecule has 3 heteroatoms. The number of piperidine rings is 1. The highest BCUT2D eigenvalue weighted by Crippen LogP contribution is 2.30. The van der Waals surface area contributed by atoms with E-state index in [0.717, 1.165) is 18.5 Å². The molecule has 2 fully saturated rings. The summed E-state index contributed by atoms with van der Waals surface area (Å²) in [5, 5.41) is 3.46. The molecule has 1 N–H and O–H groups in total. The van der Waals surface area contributed by atoms with Crippen molar-refractivity contribution in [1.29, 1.82) is 0 Å². The molecule has 3 nitrogen and oxygen atoms in total. The molecule has 0 atom stereocenters. The fraction of sp³-hybridized carbons (Fsp3) is 0.688. The topological polar surface area (TPSA) is 28.2 Å². The van der Waals surface area contributed by atoms with Crippen molar-refractivity contribution >= 4 is 0 Å². The molecule has 0 unspecified atom stereocenters. The van der Waals surface area contributed by atoms with Crippen LogP contribution in [0.3, 0.4) is 0 Å². The quantitative estimate of drug-likeness (QED) is 0.880. The van der Waals surface area contributed by atoms with Crippen molar-refractivity contribution in [3.63, 3.8) is 0 Å². The second-order valence-electron chi connectivity index (χ2n) is 6.18. The number of pyridine rings is 1. The van der Waals surface area contributed by atoms with E-state index in [1.807, 2.05) is 6.20 Å². The van der Waals surface area contributed by atoms with Crippen LogP contribution in [0.5, 0.6) is 0 Å². The van der Waals surface area contributed by atoms with E-state index in [9.17, 15) is 0 Å². The van der Waals surface area contributed by atoms with Crippen LogP contribution in [0.25, 0.3) is 0 Å². The van der Waals surface area contributed by atoms with Gasteiger partial charge in [-0.1, -0.05) is 6.07 Å². The SMILES string of the molecule is Cc1ccc(CN(CC2CCNCC2)C2CC2)nc1. The molecule has 1 saturated carbocycles. The molecule has 1 aromatic rings. The molecular weight excluding hydrogens is 234 g/mol. The first-order valence-corrected chi connectivity index (χ1v) is 7.67. The predicted octanol–water partition coefficient (Wildman–Crippen LogP) is 2.35. The van der Waals surface area contributed by atoms with Gasteiger partial charge in [-0.15, -0.1) is 0 Å². The average molecular weight is 259 g/mol. The molecular formula is C16H25N3. The van der Waals surface area contributed by atoms with Crippen LogP contribution in [-0.2, 0) is 6.54 Å². The Morgan fingerprint density at radius 3 is 2.63 bits per heavy atom. The van der Waals surface area contributed by atoms with Crippen LogP contribution in [0.2, 0.25) is 0 Å². The first-order valence-electron chi connectivity index (χ1n) is 7.67. The standard InChI is InChI=1S/C16H25N3/c1-13-2-3-15(18-10-13)12-19(16-4-5-16)11-14-6-8-17-9-7-14/h2-3,10,14,16-17H,4-9,11-12H2,1H3. The molecule has 1 aromatic heterocycles. The van der Waals surface area contributed by atoms with E-state index in [4.69, 9.17) is 0 Å². The largest absolute Gasteiger partial charge is 0.317 e. The number of nitrogens with one attached hydrogen (secondary N) is 1. The molecule has 1 aliphatic heterocycles. The van der Waals surface area contributed by atoms with Gasteiger partial charge >= 0.3 is 0 Å². The molecule has 2 heterocycles. The van der Waals surface area contributed by atoms with Crippen molar-refractivity contribution in [3.8, 4) is 0 Å². The fourth-order valence-corrected chi connectivity index (χ4v) is 2.98. The van der Waals surface area contributed by atoms with Crippen molar-refractivity contribution in [3.05, 3.63) is 29.6 Å². The van der Waals surface area contributed by atoms with Crippen molar-refractivity contribution < 1.29 is 0 Å². The summed E-state index contributed by atoms with van der Waals surface area (Å²) < 4.78 is 0. The van der Waals surface area contributed by atoms with Crippen LogP contribution < -0.4 is 5.32 Å². The number of nitrogens with zero attached hydrogens (tertiary/aromatic N) is 2. The van der Waals surface area contributed by atoms with Crippen LogP contribution in [0.15, 0.2) is 18.3 Å². The minimum atomic E-state index is 0.831. The maximum atomic E-state index is 4.57. The van der Waals surface area contributed by atoms with Crippen molar-refractivity contribution in [1.82, 2.24) is 15.2 Å². The lowest BCUT2D eigenvalue weighted by atomic mass is 9.97. The average Bonchev–Trinajstić information content (AvgIpc) is 3.26. The van der Waals surface area contributed by atoms with Crippen molar-refractivity contribution in [2.24, 2.45) is 5.92 Å². The smallest absolute Gasteiger partial charge is 0.0544 e. The summed E-state index contributed by atoms with van der Waals surface area (Å²) in [6, 6.07) is 5.20. The Kier molecular flexibility index (Phi) is 4.14. The summed E-state index contributed by atoms with van der Waals surface area (Å²) in [6.07, 6.45) is 7.44. The molecule has 0 bridgehead atoms. The Bertz CT molecular complexity index is 391. The predicted molar refractivity (Wildman–Crippen MR) is 78.0 cm³/mol. The minimum absolute atomic E-state index is 0.831. The number of hydrogen-bond acceptors (Lipinski definition) is 3. The van der Waals surface area contributed by atoms with Gasteiger partial charge in [-0.05, 0) is 63.2 Å². The number of aromatic nitrogens is 1. The van der Waals surface area contributed by atoms with Gasteiger partial charge in [0.1, 0.15) is 0 Å². The van der Waals surface area contributed by atoms with Gasteiger partial charge in [0.25, 0.3) is 0 Å². The van der Waals surface area contributed by atoms with Gasteiger partial charge in [-0.25, -0.2) is 0 Å². The van der Waals surface area contributed by atoms with Crippen LogP contribution >= 0.6 is 0 Å². The van der Waals surface area contributed by atoms with E-state index in [0.29, 0.717) is 0 Å². The van der Waals surface area contributed by atoms with Crippen LogP contribution in [0.1, 0.15) is 36.9 Å². The lowest BCUT2D eigenvalue weighted by Crippen LogP contribution is -2.37. The Morgan fingerprint density at radius 2 is 2.00 bits per heavy atom. The Hall–Kier alpha value is -0.930. The van der Waals surface area contributed by atoms with E-state index in [1.54, 1.807) is 0 Å². The van der Waals surface area contributed by atoms with Gasteiger partial charge in [-0.2, -0.15) is 0 Å². The van der Waals surface area contributed by atoms with Crippen molar-refractivity contribution in [2.75, 3.05) is 19.6 Å². The lowest BCUT2D eigenvalue weighted by Gasteiger charge is -2.30. The van der Waals surface area contributed by atoms with Gasteiger partial charge in [0.05, 0.1) is 5.69 Å². The zero-order valence-electron chi connectivity index (χ0n) is 11.9. The highest BCUT2D eigenvalue weighted by Gasteiger charge is 2.31. The lowest BCUT2D eigenvalue weighted by molar-refractivity contribution is 0.188. The molecule has 0 aromatic carbocycles. The third-order valence-electron chi connectivity index (χ3n) is 4.35. The molecule has 19 heavy (non-hydrogen) atoms. The molecule has 2 aliphatic rings. The van der Waals surface area contributed by atoms with Gasteiger partial charge < -0.3 is 5.32 Å². The maximum Gasteiger partial charge on any atom is 0.0544 e. The van der Waals surface area contributed by atoms with E-state index < -0.39 is 0 Å².